The first-order chi connectivity index (χ1) is 9.86. The molecule has 1 amide bonds. The summed E-state index contributed by atoms with van der Waals surface area (Å²) < 4.78 is 0. The summed E-state index contributed by atoms with van der Waals surface area (Å²) in [5, 5.41) is 8.97. The Kier molecular flexibility index (Phi) is 5.38. The van der Waals surface area contributed by atoms with E-state index in [2.05, 4.69) is 36.4 Å². The van der Waals surface area contributed by atoms with Gasteiger partial charge in [0.15, 0.2) is 5.13 Å². The average Bonchev–Trinajstić information content (AvgIpc) is 2.81. The number of nitrogens with one attached hydrogen (secondary N) is 2. The summed E-state index contributed by atoms with van der Waals surface area (Å²) in [4.78, 5) is 16.3. The molecule has 0 saturated heterocycles. The van der Waals surface area contributed by atoms with Crippen LogP contribution in [-0.4, -0.2) is 23.5 Å². The number of hydrogen-bond acceptors (Lipinski definition) is 4. The second-order valence-electron chi connectivity index (χ2n) is 7.09. The molecule has 2 rings (SSSR count). The van der Waals surface area contributed by atoms with Crippen LogP contribution in [0.4, 0.5) is 5.13 Å². The van der Waals surface area contributed by atoms with E-state index in [4.69, 9.17) is 0 Å². The molecule has 1 heterocycles. The summed E-state index contributed by atoms with van der Waals surface area (Å²) in [6.07, 6.45) is 5.00. The molecule has 2 N–H and O–H groups in total. The number of rotatable bonds is 4. The fourth-order valence-corrected chi connectivity index (χ4v) is 3.91. The molecule has 1 fully saturated rings. The van der Waals surface area contributed by atoms with E-state index in [9.17, 15) is 4.79 Å². The lowest BCUT2D eigenvalue weighted by Gasteiger charge is -2.40. The predicted molar refractivity (Wildman–Crippen MR) is 88.7 cm³/mol. The third kappa shape index (κ3) is 4.78. The number of carbonyl (C=O) groups excluding carboxylic acids is 1. The molecule has 0 radical (unpaired) electrons. The fraction of sp³-hybridized carbons (Fsp3) is 0.750. The van der Waals surface area contributed by atoms with Crippen molar-refractivity contribution >= 4 is 22.4 Å². The number of amides is 1. The first-order valence-corrected chi connectivity index (χ1v) is 8.69. The van der Waals surface area contributed by atoms with E-state index >= 15 is 0 Å². The third-order valence-electron chi connectivity index (χ3n) is 4.27. The molecule has 0 aliphatic heterocycles. The van der Waals surface area contributed by atoms with Crippen LogP contribution in [0.3, 0.4) is 0 Å². The van der Waals surface area contributed by atoms with Gasteiger partial charge >= 0.3 is 0 Å². The van der Waals surface area contributed by atoms with Crippen molar-refractivity contribution in [1.29, 1.82) is 0 Å². The Morgan fingerprint density at radius 1 is 1.38 bits per heavy atom. The van der Waals surface area contributed by atoms with Crippen molar-refractivity contribution in [3.63, 3.8) is 0 Å². The van der Waals surface area contributed by atoms with E-state index in [-0.39, 0.29) is 5.91 Å². The molecule has 5 heteroatoms. The van der Waals surface area contributed by atoms with Gasteiger partial charge in [-0.1, -0.05) is 33.6 Å². The van der Waals surface area contributed by atoms with Crippen LogP contribution in [0.1, 0.15) is 52.1 Å². The molecule has 0 spiro atoms. The van der Waals surface area contributed by atoms with E-state index in [1.165, 1.54) is 37.0 Å². The van der Waals surface area contributed by atoms with Gasteiger partial charge in [-0.05, 0) is 31.1 Å². The first kappa shape index (κ1) is 16.4. The van der Waals surface area contributed by atoms with Crippen LogP contribution >= 0.6 is 11.3 Å². The maximum Gasteiger partial charge on any atom is 0.240 e. The minimum Gasteiger partial charge on any atom is -0.305 e. The molecule has 2 atom stereocenters. The lowest BCUT2D eigenvalue weighted by Crippen LogP contribution is -2.46. The number of thiazole rings is 1. The van der Waals surface area contributed by atoms with Gasteiger partial charge in [-0.2, -0.15) is 0 Å². The van der Waals surface area contributed by atoms with Gasteiger partial charge in [0.05, 0.1) is 12.2 Å². The molecule has 1 aromatic rings. The number of anilines is 1. The van der Waals surface area contributed by atoms with Crippen LogP contribution < -0.4 is 10.6 Å². The average molecular weight is 309 g/mol. The van der Waals surface area contributed by atoms with Crippen LogP contribution in [0.25, 0.3) is 0 Å². The van der Waals surface area contributed by atoms with E-state index < -0.39 is 0 Å². The minimum atomic E-state index is 0.00239. The highest BCUT2D eigenvalue weighted by molar-refractivity contribution is 7.13. The summed E-state index contributed by atoms with van der Waals surface area (Å²) >= 11 is 1.47. The van der Waals surface area contributed by atoms with Gasteiger partial charge in [-0.3, -0.25) is 4.79 Å². The first-order valence-electron chi connectivity index (χ1n) is 7.81. The molecule has 2 unspecified atom stereocenters. The van der Waals surface area contributed by atoms with Crippen LogP contribution in [-0.2, 0) is 4.79 Å². The highest BCUT2D eigenvalue weighted by Crippen LogP contribution is 2.37. The van der Waals surface area contributed by atoms with Crippen molar-refractivity contribution in [3.05, 3.63) is 11.1 Å². The van der Waals surface area contributed by atoms with E-state index in [1.807, 2.05) is 12.3 Å². The lowest BCUT2D eigenvalue weighted by atomic mass is 9.69. The van der Waals surface area contributed by atoms with Crippen molar-refractivity contribution in [3.8, 4) is 0 Å². The van der Waals surface area contributed by atoms with Crippen molar-refractivity contribution in [2.24, 2.45) is 11.3 Å². The van der Waals surface area contributed by atoms with E-state index in [0.717, 1.165) is 5.69 Å². The largest absolute Gasteiger partial charge is 0.305 e. The number of aromatic nitrogens is 1. The number of hydrogen-bond donors (Lipinski definition) is 2. The Bertz CT molecular complexity index is 478. The molecule has 1 aromatic heterocycles. The summed E-state index contributed by atoms with van der Waals surface area (Å²) in [6, 6.07) is 0.447. The molecular formula is C16H27N3OS. The van der Waals surface area contributed by atoms with Gasteiger partial charge in [0.1, 0.15) is 0 Å². The fourth-order valence-electron chi connectivity index (χ4n) is 3.21. The van der Waals surface area contributed by atoms with Crippen molar-refractivity contribution in [1.82, 2.24) is 10.3 Å². The maximum absolute atomic E-state index is 12.0. The Morgan fingerprint density at radius 2 is 2.10 bits per heavy atom. The lowest BCUT2D eigenvalue weighted by molar-refractivity contribution is -0.115. The molecule has 21 heavy (non-hydrogen) atoms. The standard InChI is InChI=1S/C16H27N3OS/c1-11-10-21-15(18-11)19-14(20)9-17-13-8-6-5-7-12(13)16(2,3)4/h10,12-13,17H,5-9H2,1-4H3,(H,18,19,20). The van der Waals surface area contributed by atoms with Gasteiger partial charge in [0.2, 0.25) is 5.91 Å². The predicted octanol–water partition coefficient (Wildman–Crippen LogP) is 3.58. The van der Waals surface area contributed by atoms with Crippen molar-refractivity contribution < 1.29 is 4.79 Å². The van der Waals surface area contributed by atoms with Crippen LogP contribution in [0.15, 0.2) is 5.38 Å². The van der Waals surface area contributed by atoms with Gasteiger partial charge in [-0.15, -0.1) is 11.3 Å². The number of aryl methyl sites for hydroxylation is 1. The maximum atomic E-state index is 12.0. The van der Waals surface area contributed by atoms with Gasteiger partial charge in [-0.25, -0.2) is 4.98 Å². The molecule has 1 aliphatic rings. The Hall–Kier alpha value is -0.940. The van der Waals surface area contributed by atoms with E-state index in [0.29, 0.717) is 29.1 Å². The van der Waals surface area contributed by atoms with Gasteiger partial charge in [0.25, 0.3) is 0 Å². The SMILES string of the molecule is Cc1csc(NC(=O)CNC2CCCCC2C(C)(C)C)n1. The highest BCUT2D eigenvalue weighted by Gasteiger charge is 2.33. The second-order valence-corrected chi connectivity index (χ2v) is 7.94. The van der Waals surface area contributed by atoms with Crippen LogP contribution in [0.2, 0.25) is 0 Å². The summed E-state index contributed by atoms with van der Waals surface area (Å²) in [5.41, 5.74) is 1.24. The highest BCUT2D eigenvalue weighted by atomic mass is 32.1. The minimum absolute atomic E-state index is 0.00239. The van der Waals surface area contributed by atoms with Crippen LogP contribution in [0.5, 0.6) is 0 Å². The smallest absolute Gasteiger partial charge is 0.240 e. The summed E-state index contributed by atoms with van der Waals surface area (Å²) in [7, 11) is 0. The Morgan fingerprint density at radius 3 is 2.71 bits per heavy atom. The Labute approximate surface area is 131 Å². The zero-order valence-electron chi connectivity index (χ0n) is 13.5. The summed E-state index contributed by atoms with van der Waals surface area (Å²) in [6.45, 7) is 9.21. The van der Waals surface area contributed by atoms with Gasteiger partial charge < -0.3 is 10.6 Å². The second kappa shape index (κ2) is 6.88. The summed E-state index contributed by atoms with van der Waals surface area (Å²) in [5.74, 6) is 0.642. The van der Waals surface area contributed by atoms with Gasteiger partial charge in [0, 0.05) is 11.4 Å². The van der Waals surface area contributed by atoms with Crippen LogP contribution in [0, 0.1) is 18.3 Å². The molecule has 0 aromatic carbocycles. The number of carbonyl (C=O) groups is 1. The van der Waals surface area contributed by atoms with Crippen molar-refractivity contribution in [2.75, 3.05) is 11.9 Å². The van der Waals surface area contributed by atoms with Crippen molar-refractivity contribution in [2.45, 2.75) is 59.4 Å². The molecule has 1 saturated carbocycles. The molecular weight excluding hydrogens is 282 g/mol. The molecule has 0 bridgehead atoms. The van der Waals surface area contributed by atoms with E-state index in [1.54, 1.807) is 0 Å². The molecule has 1 aliphatic carbocycles. The quantitative estimate of drug-likeness (QED) is 0.894. The zero-order chi connectivity index (χ0) is 15.5. The monoisotopic (exact) mass is 309 g/mol. The third-order valence-corrected chi connectivity index (χ3v) is 5.14. The molecule has 118 valence electrons. The molecule has 4 nitrogen and oxygen atoms in total. The Balaban J connectivity index is 1.84. The topological polar surface area (TPSA) is 54.0 Å². The number of nitrogens with zero attached hydrogens (tertiary/aromatic N) is 1. The zero-order valence-corrected chi connectivity index (χ0v) is 14.3. The normalized spacial score (nSPS) is 23.0.